The molecule has 0 heterocycles. The van der Waals surface area contributed by atoms with Crippen molar-refractivity contribution in [3.63, 3.8) is 0 Å². The van der Waals surface area contributed by atoms with Gasteiger partial charge in [-0.15, -0.1) is 0 Å². The van der Waals surface area contributed by atoms with Crippen molar-refractivity contribution < 1.29 is 52.0 Å². The molecule has 0 atom stereocenters. The smallest absolute Gasteiger partial charge is 1.00 e. The Bertz CT molecular complexity index is 92.3. The van der Waals surface area contributed by atoms with E-state index in [1.165, 1.54) is 0 Å². The zero-order chi connectivity index (χ0) is 6.08. The summed E-state index contributed by atoms with van der Waals surface area (Å²) in [6.45, 7) is 0. The average molecular weight is 207 g/mol. The molecule has 58 valence electrons. The number of hydrogen-bond acceptors (Lipinski definition) is 2. The minimum absolute atomic E-state index is 0. The Morgan fingerprint density at radius 2 is 1.44 bits per heavy atom. The summed E-state index contributed by atoms with van der Waals surface area (Å²) in [5, 5.41) is 8.78. The van der Waals surface area contributed by atoms with Gasteiger partial charge >= 0.3 is 22.7 Å². The number of carbonyl (C=O) groups is 1. The molecule has 0 N–H and O–H groups in total. The molecular formula is C2ClF3NiO2. The minimum atomic E-state index is -5.19. The van der Waals surface area contributed by atoms with Gasteiger partial charge in [0.1, 0.15) is 5.97 Å². The van der Waals surface area contributed by atoms with E-state index in [-0.39, 0.29) is 28.9 Å². The van der Waals surface area contributed by atoms with Crippen molar-refractivity contribution in [2.75, 3.05) is 0 Å². The molecule has 0 radical (unpaired) electrons. The SMILES string of the molecule is O=C([O-])C(F)(F)F.[Cl-].[Ni+2]. The number of halogens is 4. The maximum atomic E-state index is 10.5. The molecule has 0 saturated heterocycles. The fourth-order valence-corrected chi connectivity index (χ4v) is 0. The molecule has 0 unspecified atom stereocenters. The van der Waals surface area contributed by atoms with Gasteiger partial charge in [0.15, 0.2) is 0 Å². The summed E-state index contributed by atoms with van der Waals surface area (Å²) in [4.78, 5) is 8.78. The van der Waals surface area contributed by atoms with Crippen molar-refractivity contribution in [2.24, 2.45) is 0 Å². The first-order valence-corrected chi connectivity index (χ1v) is 1.23. The second-order valence-electron chi connectivity index (χ2n) is 0.785. The first kappa shape index (κ1) is 16.0. The van der Waals surface area contributed by atoms with Crippen molar-refractivity contribution >= 4 is 5.97 Å². The van der Waals surface area contributed by atoms with Gasteiger partial charge in [0.25, 0.3) is 0 Å². The van der Waals surface area contributed by atoms with Gasteiger partial charge in [-0.05, 0) is 0 Å². The van der Waals surface area contributed by atoms with E-state index < -0.39 is 12.1 Å². The van der Waals surface area contributed by atoms with Gasteiger partial charge < -0.3 is 22.3 Å². The molecular weight excluding hydrogens is 207 g/mol. The standard InChI is InChI=1S/C2HF3O2.ClH.Ni/c3-2(4,5)1(6)7;;/h(H,6,7);1H;/q;;+2/p-2. The number of hydrogen-bond donors (Lipinski definition) is 0. The molecule has 0 fully saturated rings. The second kappa shape index (κ2) is 4.88. The monoisotopic (exact) mass is 206 g/mol. The van der Waals surface area contributed by atoms with Crippen LogP contribution in [-0.4, -0.2) is 12.1 Å². The summed E-state index contributed by atoms with van der Waals surface area (Å²) in [5.74, 6) is -3.01. The summed E-state index contributed by atoms with van der Waals surface area (Å²) in [5.41, 5.74) is 0. The van der Waals surface area contributed by atoms with Gasteiger partial charge in [0.05, 0.1) is 0 Å². The Morgan fingerprint density at radius 3 is 1.44 bits per heavy atom. The Labute approximate surface area is 64.8 Å². The van der Waals surface area contributed by atoms with E-state index in [9.17, 15) is 13.2 Å². The fraction of sp³-hybridized carbons (Fsp3) is 0.500. The Hall–Kier alpha value is 0.0435. The summed E-state index contributed by atoms with van der Waals surface area (Å²) in [6, 6.07) is 0. The van der Waals surface area contributed by atoms with E-state index in [4.69, 9.17) is 9.90 Å². The van der Waals surface area contributed by atoms with Crippen LogP contribution in [0.1, 0.15) is 0 Å². The van der Waals surface area contributed by atoms with Gasteiger partial charge in [0, 0.05) is 0 Å². The van der Waals surface area contributed by atoms with Gasteiger partial charge in [-0.1, -0.05) is 0 Å². The zero-order valence-corrected chi connectivity index (χ0v) is 5.39. The van der Waals surface area contributed by atoms with Crippen LogP contribution < -0.4 is 17.5 Å². The van der Waals surface area contributed by atoms with Crippen LogP contribution in [0.3, 0.4) is 0 Å². The predicted molar refractivity (Wildman–Crippen MR) is 11.1 cm³/mol. The number of carboxylic acid groups (broad SMARTS) is 1. The van der Waals surface area contributed by atoms with Crippen LogP contribution in [-0.2, 0) is 21.3 Å². The van der Waals surface area contributed by atoms with Gasteiger partial charge in [-0.3, -0.25) is 0 Å². The Morgan fingerprint density at radius 1 is 1.33 bits per heavy atom. The fourth-order valence-electron chi connectivity index (χ4n) is 0. The van der Waals surface area contributed by atoms with Gasteiger partial charge in [-0.25, -0.2) is 0 Å². The summed E-state index contributed by atoms with van der Waals surface area (Å²) in [7, 11) is 0. The quantitative estimate of drug-likeness (QED) is 0.384. The molecule has 0 spiro atoms. The zero-order valence-electron chi connectivity index (χ0n) is 3.64. The van der Waals surface area contributed by atoms with Crippen LogP contribution in [0.2, 0.25) is 0 Å². The molecule has 0 bridgehead atoms. The first-order chi connectivity index (χ1) is 2.94. The third kappa shape index (κ3) is 8.04. The number of alkyl halides is 3. The summed E-state index contributed by atoms with van der Waals surface area (Å²) >= 11 is 0. The molecule has 2 nitrogen and oxygen atoms in total. The van der Waals surface area contributed by atoms with Crippen LogP contribution in [0.4, 0.5) is 13.2 Å². The Balaban J connectivity index is -0.000000180. The topological polar surface area (TPSA) is 40.1 Å². The maximum Gasteiger partial charge on any atom is 2.00 e. The van der Waals surface area contributed by atoms with Crippen molar-refractivity contribution in [1.29, 1.82) is 0 Å². The van der Waals surface area contributed by atoms with Crippen LogP contribution in [0.5, 0.6) is 0 Å². The van der Waals surface area contributed by atoms with Crippen LogP contribution >= 0.6 is 0 Å². The maximum absolute atomic E-state index is 10.5. The van der Waals surface area contributed by atoms with E-state index in [1.807, 2.05) is 0 Å². The van der Waals surface area contributed by atoms with E-state index in [1.54, 1.807) is 0 Å². The molecule has 7 heteroatoms. The molecule has 0 saturated carbocycles. The van der Waals surface area contributed by atoms with Crippen LogP contribution in [0, 0.1) is 0 Å². The minimum Gasteiger partial charge on any atom is -1.00 e. The largest absolute Gasteiger partial charge is 2.00 e. The van der Waals surface area contributed by atoms with Gasteiger partial charge in [0.2, 0.25) is 0 Å². The van der Waals surface area contributed by atoms with E-state index >= 15 is 0 Å². The predicted octanol–water partition coefficient (Wildman–Crippen LogP) is -3.70. The van der Waals surface area contributed by atoms with Crippen molar-refractivity contribution in [2.45, 2.75) is 6.18 Å². The van der Waals surface area contributed by atoms with Crippen LogP contribution in [0.15, 0.2) is 0 Å². The number of aliphatic carboxylic acids is 1. The molecule has 0 aromatic carbocycles. The summed E-state index contributed by atoms with van der Waals surface area (Å²) < 4.78 is 31.5. The third-order valence-electron chi connectivity index (χ3n) is 0.231. The normalized spacial score (nSPS) is 8.78. The molecule has 0 aliphatic rings. The molecule has 9 heavy (non-hydrogen) atoms. The van der Waals surface area contributed by atoms with Gasteiger partial charge in [-0.2, -0.15) is 13.2 Å². The molecule has 0 amide bonds. The van der Waals surface area contributed by atoms with E-state index in [0.29, 0.717) is 0 Å². The molecule has 0 aliphatic carbocycles. The van der Waals surface area contributed by atoms with E-state index in [2.05, 4.69) is 0 Å². The number of carboxylic acids is 1. The first-order valence-electron chi connectivity index (χ1n) is 1.23. The third-order valence-corrected chi connectivity index (χ3v) is 0.231. The average Bonchev–Trinajstić information content (AvgIpc) is 1.31. The van der Waals surface area contributed by atoms with E-state index in [0.717, 1.165) is 0 Å². The molecule has 0 aliphatic heterocycles. The van der Waals surface area contributed by atoms with Crippen molar-refractivity contribution in [3.8, 4) is 0 Å². The number of carbonyl (C=O) groups excluding carboxylic acids is 1. The second-order valence-corrected chi connectivity index (χ2v) is 0.785. The molecule has 0 aromatic heterocycles. The van der Waals surface area contributed by atoms with Crippen molar-refractivity contribution in [1.82, 2.24) is 0 Å². The molecule has 0 rings (SSSR count). The summed E-state index contributed by atoms with van der Waals surface area (Å²) in [6.07, 6.45) is -5.19. The number of rotatable bonds is 0. The molecule has 0 aromatic rings. The van der Waals surface area contributed by atoms with Crippen molar-refractivity contribution in [3.05, 3.63) is 0 Å². The Kier molecular flexibility index (Phi) is 8.68. The van der Waals surface area contributed by atoms with Crippen LogP contribution in [0.25, 0.3) is 0 Å².